The summed E-state index contributed by atoms with van der Waals surface area (Å²) in [6.45, 7) is 2.63. The summed E-state index contributed by atoms with van der Waals surface area (Å²) < 4.78 is 5.27. The molecule has 0 radical (unpaired) electrons. The number of fused-ring (bicyclic) bond motifs is 1. The second-order valence-electron chi connectivity index (χ2n) is 7.86. The van der Waals surface area contributed by atoms with E-state index < -0.39 is 5.54 Å². The van der Waals surface area contributed by atoms with E-state index in [9.17, 15) is 9.59 Å². The molecule has 1 heterocycles. The highest BCUT2D eigenvalue weighted by Crippen LogP contribution is 2.32. The normalized spacial score (nSPS) is 18.9. The van der Waals surface area contributed by atoms with Gasteiger partial charge in [0.25, 0.3) is 5.91 Å². The Bertz CT molecular complexity index is 1100. The van der Waals surface area contributed by atoms with Crippen molar-refractivity contribution in [2.45, 2.75) is 19.0 Å². The van der Waals surface area contributed by atoms with Gasteiger partial charge in [0.15, 0.2) is 0 Å². The van der Waals surface area contributed by atoms with Gasteiger partial charge >= 0.3 is 6.03 Å². The Morgan fingerprint density at radius 1 is 1.00 bits per heavy atom. The topological polar surface area (TPSA) is 61.9 Å². The van der Waals surface area contributed by atoms with Crippen molar-refractivity contribution in [3.05, 3.63) is 77.9 Å². The van der Waals surface area contributed by atoms with Crippen LogP contribution in [0.15, 0.2) is 66.7 Å². The molecule has 154 valence electrons. The summed E-state index contributed by atoms with van der Waals surface area (Å²) in [6.07, 6.45) is 0. The number of nitrogens with one attached hydrogen (secondary N) is 1. The quantitative estimate of drug-likeness (QED) is 0.638. The summed E-state index contributed by atoms with van der Waals surface area (Å²) in [7, 11) is 3.53. The molecule has 1 aliphatic rings. The third-order valence-corrected chi connectivity index (χ3v) is 5.58. The Morgan fingerprint density at radius 3 is 2.43 bits per heavy atom. The molecule has 0 aromatic heterocycles. The number of nitrogens with zero attached hydrogens (tertiary/aromatic N) is 2. The van der Waals surface area contributed by atoms with E-state index in [0.29, 0.717) is 6.54 Å². The monoisotopic (exact) mass is 403 g/mol. The number of urea groups is 1. The molecule has 0 aliphatic carbocycles. The van der Waals surface area contributed by atoms with Crippen molar-refractivity contribution in [2.75, 3.05) is 20.8 Å². The molecule has 6 heteroatoms. The third-order valence-electron chi connectivity index (χ3n) is 5.58. The smallest absolute Gasteiger partial charge is 0.326 e. The maximum Gasteiger partial charge on any atom is 0.326 e. The summed E-state index contributed by atoms with van der Waals surface area (Å²) in [5.74, 6) is 0.527. The molecule has 3 aromatic carbocycles. The van der Waals surface area contributed by atoms with E-state index in [4.69, 9.17) is 4.74 Å². The van der Waals surface area contributed by atoms with Crippen molar-refractivity contribution in [1.82, 2.24) is 15.1 Å². The lowest BCUT2D eigenvalue weighted by molar-refractivity contribution is -0.132. The van der Waals surface area contributed by atoms with Crippen LogP contribution in [0.3, 0.4) is 0 Å². The molecule has 4 rings (SSSR count). The van der Waals surface area contributed by atoms with Crippen LogP contribution < -0.4 is 10.1 Å². The van der Waals surface area contributed by atoms with Gasteiger partial charge in [0, 0.05) is 6.54 Å². The van der Waals surface area contributed by atoms with Crippen molar-refractivity contribution < 1.29 is 14.3 Å². The molecule has 0 unspecified atom stereocenters. The largest absolute Gasteiger partial charge is 0.497 e. The third kappa shape index (κ3) is 3.62. The number of imide groups is 1. The molecule has 0 saturated carbocycles. The number of methoxy groups -OCH3 is 1. The Morgan fingerprint density at radius 2 is 1.70 bits per heavy atom. The Labute approximate surface area is 176 Å². The maximum atomic E-state index is 13.3. The minimum Gasteiger partial charge on any atom is -0.497 e. The number of rotatable bonds is 6. The SMILES string of the molecule is COc1ccc2cc([C@@]3(C)NC(=O)N(CN(C)Cc4ccccc4)C3=O)ccc2c1. The molecular formula is C24H25N3O3. The molecule has 1 aliphatic heterocycles. The molecule has 1 saturated heterocycles. The van der Waals surface area contributed by atoms with Gasteiger partial charge in [-0.05, 0) is 54.1 Å². The summed E-state index contributed by atoms with van der Waals surface area (Å²) in [6, 6.07) is 21.1. The summed E-state index contributed by atoms with van der Waals surface area (Å²) in [5, 5.41) is 4.88. The Balaban J connectivity index is 1.55. The van der Waals surface area contributed by atoms with Gasteiger partial charge in [-0.15, -0.1) is 0 Å². The predicted octanol–water partition coefficient (Wildman–Crippen LogP) is 3.70. The zero-order valence-corrected chi connectivity index (χ0v) is 17.4. The number of carbonyl (C=O) groups excluding carboxylic acids is 2. The first-order valence-corrected chi connectivity index (χ1v) is 9.85. The fourth-order valence-electron chi connectivity index (χ4n) is 3.87. The van der Waals surface area contributed by atoms with Crippen LogP contribution in [0, 0.1) is 0 Å². The highest BCUT2D eigenvalue weighted by atomic mass is 16.5. The predicted molar refractivity (Wildman–Crippen MR) is 116 cm³/mol. The average molecular weight is 403 g/mol. The first kappa shape index (κ1) is 19.9. The zero-order chi connectivity index (χ0) is 21.3. The summed E-state index contributed by atoms with van der Waals surface area (Å²) >= 11 is 0. The van der Waals surface area contributed by atoms with Gasteiger partial charge in [-0.25, -0.2) is 9.69 Å². The van der Waals surface area contributed by atoms with Crippen LogP contribution in [0.5, 0.6) is 5.75 Å². The van der Waals surface area contributed by atoms with Crippen molar-refractivity contribution in [3.63, 3.8) is 0 Å². The highest BCUT2D eigenvalue weighted by molar-refractivity contribution is 6.07. The second kappa shape index (κ2) is 7.80. The standard InChI is InChI=1S/C24H25N3O3/c1-24(20-11-9-19-14-21(30-3)12-10-18(19)13-20)22(28)27(23(29)25-24)16-26(2)15-17-7-5-4-6-8-17/h4-14H,15-16H2,1-3H3,(H,25,29)/t24-/m1/s1. The Kier molecular flexibility index (Phi) is 5.18. The van der Waals surface area contributed by atoms with Gasteiger partial charge in [0.2, 0.25) is 0 Å². The van der Waals surface area contributed by atoms with Gasteiger partial charge in [0.1, 0.15) is 11.3 Å². The molecule has 1 N–H and O–H groups in total. The van der Waals surface area contributed by atoms with E-state index in [1.807, 2.05) is 78.7 Å². The minimum atomic E-state index is -1.10. The van der Waals surface area contributed by atoms with Gasteiger partial charge in [-0.2, -0.15) is 0 Å². The van der Waals surface area contributed by atoms with Crippen molar-refractivity contribution in [2.24, 2.45) is 0 Å². The molecular weight excluding hydrogens is 378 g/mol. The Hall–Kier alpha value is -3.38. The average Bonchev–Trinajstić information content (AvgIpc) is 2.97. The number of amides is 3. The number of hydrogen-bond donors (Lipinski definition) is 1. The first-order valence-electron chi connectivity index (χ1n) is 9.85. The molecule has 1 atom stereocenters. The molecule has 3 amide bonds. The lowest BCUT2D eigenvalue weighted by atomic mass is 9.90. The number of carbonyl (C=O) groups is 2. The summed E-state index contributed by atoms with van der Waals surface area (Å²) in [5.41, 5.74) is 0.783. The van der Waals surface area contributed by atoms with Gasteiger partial charge in [-0.3, -0.25) is 9.69 Å². The molecule has 0 spiro atoms. The number of ether oxygens (including phenoxy) is 1. The fraction of sp³-hybridized carbons (Fsp3) is 0.250. The van der Waals surface area contributed by atoms with Gasteiger partial charge in [0.05, 0.1) is 13.8 Å². The van der Waals surface area contributed by atoms with E-state index in [-0.39, 0.29) is 18.6 Å². The van der Waals surface area contributed by atoms with E-state index in [0.717, 1.165) is 27.6 Å². The van der Waals surface area contributed by atoms with Crippen LogP contribution in [0.2, 0.25) is 0 Å². The van der Waals surface area contributed by atoms with Gasteiger partial charge in [-0.1, -0.05) is 48.5 Å². The van der Waals surface area contributed by atoms with Crippen LogP contribution in [-0.2, 0) is 16.9 Å². The lowest BCUT2D eigenvalue weighted by Crippen LogP contribution is -2.42. The van der Waals surface area contributed by atoms with Crippen LogP contribution in [0.1, 0.15) is 18.1 Å². The fourth-order valence-corrected chi connectivity index (χ4v) is 3.87. The first-order chi connectivity index (χ1) is 14.4. The van der Waals surface area contributed by atoms with E-state index in [1.54, 1.807) is 14.0 Å². The highest BCUT2D eigenvalue weighted by Gasteiger charge is 2.49. The van der Waals surface area contributed by atoms with Crippen LogP contribution in [0.25, 0.3) is 10.8 Å². The van der Waals surface area contributed by atoms with Crippen LogP contribution in [0.4, 0.5) is 4.79 Å². The molecule has 1 fully saturated rings. The van der Waals surface area contributed by atoms with Crippen LogP contribution >= 0.6 is 0 Å². The molecule has 30 heavy (non-hydrogen) atoms. The van der Waals surface area contributed by atoms with E-state index in [2.05, 4.69) is 5.32 Å². The zero-order valence-electron chi connectivity index (χ0n) is 17.4. The van der Waals surface area contributed by atoms with Gasteiger partial charge < -0.3 is 10.1 Å². The van der Waals surface area contributed by atoms with Crippen LogP contribution in [-0.4, -0.2) is 42.6 Å². The molecule has 0 bridgehead atoms. The van der Waals surface area contributed by atoms with E-state index >= 15 is 0 Å². The second-order valence-corrected chi connectivity index (χ2v) is 7.86. The van der Waals surface area contributed by atoms with Crippen molar-refractivity contribution >= 4 is 22.7 Å². The van der Waals surface area contributed by atoms with Crippen molar-refractivity contribution in [3.8, 4) is 5.75 Å². The van der Waals surface area contributed by atoms with E-state index in [1.165, 1.54) is 4.90 Å². The summed E-state index contributed by atoms with van der Waals surface area (Å²) in [4.78, 5) is 29.1. The maximum absolute atomic E-state index is 13.3. The number of benzene rings is 3. The molecule has 3 aromatic rings. The molecule has 6 nitrogen and oxygen atoms in total. The minimum absolute atomic E-state index is 0.222. The van der Waals surface area contributed by atoms with Crippen molar-refractivity contribution in [1.29, 1.82) is 0 Å². The number of hydrogen-bond acceptors (Lipinski definition) is 4. The lowest BCUT2D eigenvalue weighted by Gasteiger charge is -2.25.